The van der Waals surface area contributed by atoms with E-state index in [1.54, 1.807) is 27.7 Å². The number of pyridine rings is 1. The van der Waals surface area contributed by atoms with E-state index in [1.165, 1.54) is 6.07 Å². The molecule has 0 aromatic carbocycles. The highest BCUT2D eigenvalue weighted by atomic mass is 28.4. The van der Waals surface area contributed by atoms with Gasteiger partial charge in [0.05, 0.1) is 24.2 Å². The van der Waals surface area contributed by atoms with Gasteiger partial charge in [-0.05, 0) is 51.9 Å². The van der Waals surface area contributed by atoms with Gasteiger partial charge in [-0.15, -0.1) is 0 Å². The maximum atomic E-state index is 13.6. The topological polar surface area (TPSA) is 86.5 Å². The number of aromatic nitrogens is 1. The number of ether oxygens (including phenoxy) is 1. The summed E-state index contributed by atoms with van der Waals surface area (Å²) < 4.78 is 25.3. The fraction of sp³-hybridized carbons (Fsp3) is 0.684. The van der Waals surface area contributed by atoms with Gasteiger partial charge in [0.1, 0.15) is 11.1 Å². The van der Waals surface area contributed by atoms with Gasteiger partial charge in [-0.25, -0.2) is 9.18 Å². The SMILES string of the molecule is CC(C)(C)OC(=O)NC(C)(CO[Si](C)(C)C(C)(C)C)c1cc(N)c(F)cn1. The Morgan fingerprint density at radius 1 is 1.22 bits per heavy atom. The Balaban J connectivity index is 3.19. The third-order valence-corrected chi connectivity index (χ3v) is 9.23. The van der Waals surface area contributed by atoms with Gasteiger partial charge in [0, 0.05) is 0 Å². The van der Waals surface area contributed by atoms with E-state index in [2.05, 4.69) is 44.2 Å². The highest BCUT2D eigenvalue weighted by Gasteiger charge is 2.41. The lowest BCUT2D eigenvalue weighted by atomic mass is 9.98. The van der Waals surface area contributed by atoms with E-state index in [9.17, 15) is 9.18 Å². The third kappa shape index (κ3) is 6.46. The van der Waals surface area contributed by atoms with Gasteiger partial charge in [-0.3, -0.25) is 4.98 Å². The van der Waals surface area contributed by atoms with Crippen molar-refractivity contribution in [1.82, 2.24) is 10.3 Å². The summed E-state index contributed by atoms with van der Waals surface area (Å²) in [6.07, 6.45) is 0.444. The lowest BCUT2D eigenvalue weighted by molar-refractivity contribution is 0.0413. The molecule has 1 amide bonds. The van der Waals surface area contributed by atoms with Gasteiger partial charge in [-0.1, -0.05) is 20.8 Å². The molecule has 1 heterocycles. The summed E-state index contributed by atoms with van der Waals surface area (Å²) in [5.74, 6) is -0.608. The van der Waals surface area contributed by atoms with Crippen molar-refractivity contribution in [3.05, 3.63) is 23.8 Å². The summed E-state index contributed by atoms with van der Waals surface area (Å²) in [4.78, 5) is 16.5. The molecule has 0 bridgehead atoms. The maximum absolute atomic E-state index is 13.6. The zero-order chi connectivity index (χ0) is 21.3. The zero-order valence-electron chi connectivity index (χ0n) is 18.0. The van der Waals surface area contributed by atoms with Crippen molar-refractivity contribution < 1.29 is 18.3 Å². The van der Waals surface area contributed by atoms with Gasteiger partial charge in [0.2, 0.25) is 0 Å². The van der Waals surface area contributed by atoms with Gasteiger partial charge < -0.3 is 20.2 Å². The molecule has 0 fully saturated rings. The Bertz CT molecular complexity index is 684. The summed E-state index contributed by atoms with van der Waals surface area (Å²) in [7, 11) is -2.10. The van der Waals surface area contributed by atoms with Crippen LogP contribution in [0.4, 0.5) is 14.9 Å². The van der Waals surface area contributed by atoms with E-state index >= 15 is 0 Å². The molecule has 0 aliphatic heterocycles. The average molecular weight is 400 g/mol. The molecule has 0 aliphatic carbocycles. The van der Waals surface area contributed by atoms with Crippen molar-refractivity contribution in [1.29, 1.82) is 0 Å². The normalized spacial score (nSPS) is 15.2. The largest absolute Gasteiger partial charge is 0.444 e. The standard InChI is InChI=1S/C19H34FN3O3Si/c1-17(2,3)26-16(24)23-19(7,12-25-27(8,9)18(4,5)6)15-10-14(21)13(20)11-22-15/h10-11H,12H2,1-9H3,(H2,21,22)(H,23,24). The molecular formula is C19H34FN3O3Si. The van der Waals surface area contributed by atoms with Crippen molar-refractivity contribution in [2.24, 2.45) is 0 Å². The maximum Gasteiger partial charge on any atom is 0.408 e. The first kappa shape index (κ1) is 23.4. The second-order valence-electron chi connectivity index (χ2n) is 9.60. The predicted molar refractivity (Wildman–Crippen MR) is 108 cm³/mol. The van der Waals surface area contributed by atoms with Crippen LogP contribution in [0.5, 0.6) is 0 Å². The minimum Gasteiger partial charge on any atom is -0.444 e. The molecule has 1 rings (SSSR count). The molecule has 154 valence electrons. The number of nitrogens with two attached hydrogens (primary N) is 1. The fourth-order valence-electron chi connectivity index (χ4n) is 2.00. The van der Waals surface area contributed by atoms with Crippen molar-refractivity contribution >= 4 is 20.1 Å². The van der Waals surface area contributed by atoms with Gasteiger partial charge in [0.15, 0.2) is 14.1 Å². The van der Waals surface area contributed by atoms with Crippen LogP contribution in [0.2, 0.25) is 18.1 Å². The number of carbonyl (C=O) groups is 1. The van der Waals surface area contributed by atoms with Crippen LogP contribution >= 0.6 is 0 Å². The van der Waals surface area contributed by atoms with E-state index in [-0.39, 0.29) is 17.3 Å². The minimum absolute atomic E-state index is 0.00488. The highest BCUT2D eigenvalue weighted by Crippen LogP contribution is 2.37. The summed E-state index contributed by atoms with van der Waals surface area (Å²) in [5.41, 5.74) is 4.40. The number of nitrogen functional groups attached to an aromatic ring is 1. The lowest BCUT2D eigenvalue weighted by Crippen LogP contribution is -2.52. The quantitative estimate of drug-likeness (QED) is 0.709. The summed E-state index contributed by atoms with van der Waals surface area (Å²) in [5, 5.41) is 2.83. The van der Waals surface area contributed by atoms with E-state index in [0.717, 1.165) is 6.20 Å². The molecule has 0 spiro atoms. The molecule has 3 N–H and O–H groups in total. The molecule has 27 heavy (non-hydrogen) atoms. The highest BCUT2D eigenvalue weighted by molar-refractivity contribution is 6.74. The second kappa shape index (κ2) is 7.75. The van der Waals surface area contributed by atoms with Crippen LogP contribution in [0.25, 0.3) is 0 Å². The van der Waals surface area contributed by atoms with E-state index < -0.39 is 31.4 Å². The van der Waals surface area contributed by atoms with Crippen molar-refractivity contribution in [2.75, 3.05) is 12.3 Å². The Hall–Kier alpha value is -1.67. The van der Waals surface area contributed by atoms with Crippen LogP contribution in [0.3, 0.4) is 0 Å². The minimum atomic E-state index is -2.10. The molecule has 1 aromatic heterocycles. The van der Waals surface area contributed by atoms with Crippen LogP contribution < -0.4 is 11.1 Å². The number of halogens is 1. The molecule has 1 atom stereocenters. The van der Waals surface area contributed by atoms with E-state index in [0.29, 0.717) is 5.69 Å². The number of carbonyl (C=O) groups excluding carboxylic acids is 1. The van der Waals surface area contributed by atoms with Crippen LogP contribution in [-0.2, 0) is 14.7 Å². The average Bonchev–Trinajstić information content (AvgIpc) is 2.45. The Kier molecular flexibility index (Phi) is 6.71. The molecule has 0 aliphatic rings. The lowest BCUT2D eigenvalue weighted by Gasteiger charge is -2.40. The van der Waals surface area contributed by atoms with Crippen LogP contribution in [0, 0.1) is 5.82 Å². The molecule has 0 saturated carbocycles. The molecule has 0 radical (unpaired) electrons. The van der Waals surface area contributed by atoms with Crippen molar-refractivity contribution in [3.63, 3.8) is 0 Å². The van der Waals surface area contributed by atoms with Gasteiger partial charge >= 0.3 is 6.09 Å². The summed E-state index contributed by atoms with van der Waals surface area (Å²) in [6.45, 7) is 17.9. The van der Waals surface area contributed by atoms with Crippen molar-refractivity contribution in [3.8, 4) is 0 Å². The first-order valence-corrected chi connectivity index (χ1v) is 11.9. The molecule has 6 nitrogen and oxygen atoms in total. The second-order valence-corrected chi connectivity index (χ2v) is 14.4. The van der Waals surface area contributed by atoms with E-state index in [1.807, 2.05) is 0 Å². The van der Waals surface area contributed by atoms with Crippen LogP contribution in [-0.4, -0.2) is 31.6 Å². The number of anilines is 1. The first-order chi connectivity index (χ1) is 12.0. The van der Waals surface area contributed by atoms with Crippen LogP contribution in [0.15, 0.2) is 12.3 Å². The van der Waals surface area contributed by atoms with Gasteiger partial charge in [0.25, 0.3) is 0 Å². The molecule has 0 saturated heterocycles. The monoisotopic (exact) mass is 399 g/mol. The number of hydrogen-bond donors (Lipinski definition) is 2. The molecule has 1 aromatic rings. The fourth-order valence-corrected chi connectivity index (χ4v) is 3.08. The number of amides is 1. The number of nitrogens with zero attached hydrogens (tertiary/aromatic N) is 1. The Morgan fingerprint density at radius 2 is 1.78 bits per heavy atom. The smallest absolute Gasteiger partial charge is 0.408 e. The number of rotatable bonds is 5. The summed E-state index contributed by atoms with van der Waals surface area (Å²) >= 11 is 0. The molecule has 8 heteroatoms. The summed E-state index contributed by atoms with van der Waals surface area (Å²) in [6, 6.07) is 1.42. The Labute approximate surface area is 163 Å². The number of nitrogens with one attached hydrogen (secondary N) is 1. The number of alkyl carbamates (subject to hydrolysis) is 1. The zero-order valence-corrected chi connectivity index (χ0v) is 19.0. The number of hydrogen-bond acceptors (Lipinski definition) is 5. The van der Waals surface area contributed by atoms with Gasteiger partial charge in [-0.2, -0.15) is 0 Å². The van der Waals surface area contributed by atoms with Crippen LogP contribution in [0.1, 0.15) is 54.2 Å². The first-order valence-electron chi connectivity index (χ1n) is 9.03. The third-order valence-electron chi connectivity index (χ3n) is 4.76. The molecule has 1 unspecified atom stereocenters. The van der Waals surface area contributed by atoms with E-state index in [4.69, 9.17) is 14.9 Å². The Morgan fingerprint density at radius 3 is 2.22 bits per heavy atom. The van der Waals surface area contributed by atoms with Crippen molar-refractivity contribution in [2.45, 2.75) is 77.7 Å². The predicted octanol–water partition coefficient (Wildman–Crippen LogP) is 4.56. The molecular weight excluding hydrogens is 365 g/mol.